The molecular formula is C11H19N3O. The van der Waals surface area contributed by atoms with E-state index in [4.69, 9.17) is 0 Å². The SMILES string of the molecule is CCCCCC(=O)NC(C)c1cn[nH]c1. The fourth-order valence-corrected chi connectivity index (χ4v) is 1.43. The molecule has 0 saturated carbocycles. The Morgan fingerprint density at radius 1 is 1.60 bits per heavy atom. The van der Waals surface area contributed by atoms with Crippen LogP contribution in [0.5, 0.6) is 0 Å². The lowest BCUT2D eigenvalue weighted by molar-refractivity contribution is -0.121. The van der Waals surface area contributed by atoms with Gasteiger partial charge in [-0.25, -0.2) is 0 Å². The van der Waals surface area contributed by atoms with Crippen LogP contribution in [0.1, 0.15) is 51.1 Å². The van der Waals surface area contributed by atoms with Crippen molar-refractivity contribution in [1.82, 2.24) is 15.5 Å². The fraction of sp³-hybridized carbons (Fsp3) is 0.636. The van der Waals surface area contributed by atoms with Gasteiger partial charge in [0.1, 0.15) is 0 Å². The molecule has 84 valence electrons. The molecular weight excluding hydrogens is 190 g/mol. The molecule has 15 heavy (non-hydrogen) atoms. The topological polar surface area (TPSA) is 57.8 Å². The maximum Gasteiger partial charge on any atom is 0.220 e. The lowest BCUT2D eigenvalue weighted by atomic mass is 10.1. The van der Waals surface area contributed by atoms with Crippen LogP contribution in [-0.2, 0) is 4.79 Å². The van der Waals surface area contributed by atoms with E-state index in [9.17, 15) is 4.79 Å². The molecule has 0 saturated heterocycles. The number of carbonyl (C=O) groups is 1. The Morgan fingerprint density at radius 2 is 2.40 bits per heavy atom. The molecule has 0 radical (unpaired) electrons. The number of aromatic nitrogens is 2. The molecule has 1 heterocycles. The van der Waals surface area contributed by atoms with E-state index in [0.717, 1.165) is 24.8 Å². The lowest BCUT2D eigenvalue weighted by Gasteiger charge is -2.11. The molecule has 0 aliphatic heterocycles. The first-order valence-electron chi connectivity index (χ1n) is 5.52. The van der Waals surface area contributed by atoms with Crippen molar-refractivity contribution >= 4 is 5.91 Å². The first kappa shape index (κ1) is 11.8. The molecule has 1 atom stereocenters. The van der Waals surface area contributed by atoms with E-state index in [1.54, 1.807) is 12.4 Å². The van der Waals surface area contributed by atoms with E-state index < -0.39 is 0 Å². The molecule has 0 fully saturated rings. The third-order valence-electron chi connectivity index (χ3n) is 2.40. The summed E-state index contributed by atoms with van der Waals surface area (Å²) >= 11 is 0. The van der Waals surface area contributed by atoms with Crippen LogP contribution in [0.4, 0.5) is 0 Å². The van der Waals surface area contributed by atoms with Crippen molar-refractivity contribution in [3.8, 4) is 0 Å². The summed E-state index contributed by atoms with van der Waals surface area (Å²) in [5.41, 5.74) is 1.01. The van der Waals surface area contributed by atoms with E-state index in [1.165, 1.54) is 0 Å². The van der Waals surface area contributed by atoms with Crippen LogP contribution in [0.25, 0.3) is 0 Å². The van der Waals surface area contributed by atoms with E-state index in [2.05, 4.69) is 22.4 Å². The van der Waals surface area contributed by atoms with Gasteiger partial charge in [-0.15, -0.1) is 0 Å². The van der Waals surface area contributed by atoms with Gasteiger partial charge in [0.05, 0.1) is 12.2 Å². The molecule has 0 aromatic carbocycles. The third-order valence-corrected chi connectivity index (χ3v) is 2.40. The molecule has 1 unspecified atom stereocenters. The van der Waals surface area contributed by atoms with Crippen molar-refractivity contribution in [2.24, 2.45) is 0 Å². The van der Waals surface area contributed by atoms with Gasteiger partial charge in [-0.2, -0.15) is 5.10 Å². The number of hydrogen-bond acceptors (Lipinski definition) is 2. The van der Waals surface area contributed by atoms with Gasteiger partial charge in [-0.1, -0.05) is 19.8 Å². The van der Waals surface area contributed by atoms with Crippen LogP contribution in [0, 0.1) is 0 Å². The standard InChI is InChI=1S/C11H19N3O/c1-3-4-5-6-11(15)14-9(2)10-7-12-13-8-10/h7-9H,3-6H2,1-2H3,(H,12,13)(H,14,15). The predicted molar refractivity (Wildman–Crippen MR) is 59.3 cm³/mol. The highest BCUT2D eigenvalue weighted by Gasteiger charge is 2.09. The van der Waals surface area contributed by atoms with Gasteiger partial charge in [0.25, 0.3) is 0 Å². The van der Waals surface area contributed by atoms with E-state index in [1.807, 2.05) is 6.92 Å². The van der Waals surface area contributed by atoms with E-state index in [0.29, 0.717) is 6.42 Å². The van der Waals surface area contributed by atoms with Crippen molar-refractivity contribution in [2.75, 3.05) is 0 Å². The predicted octanol–water partition coefficient (Wildman–Crippen LogP) is 2.17. The Hall–Kier alpha value is -1.32. The van der Waals surface area contributed by atoms with Crippen molar-refractivity contribution in [3.05, 3.63) is 18.0 Å². The molecule has 1 aromatic heterocycles. The number of amides is 1. The van der Waals surface area contributed by atoms with Crippen LogP contribution in [-0.4, -0.2) is 16.1 Å². The number of rotatable bonds is 6. The number of nitrogens with one attached hydrogen (secondary N) is 2. The van der Waals surface area contributed by atoms with Crippen LogP contribution in [0.15, 0.2) is 12.4 Å². The Morgan fingerprint density at radius 3 is 3.00 bits per heavy atom. The third kappa shape index (κ3) is 4.14. The molecule has 0 bridgehead atoms. The van der Waals surface area contributed by atoms with Gasteiger partial charge in [-0.05, 0) is 13.3 Å². The van der Waals surface area contributed by atoms with Gasteiger partial charge < -0.3 is 5.32 Å². The number of hydrogen-bond donors (Lipinski definition) is 2. The molecule has 4 nitrogen and oxygen atoms in total. The number of H-pyrrole nitrogens is 1. The summed E-state index contributed by atoms with van der Waals surface area (Å²) in [5, 5.41) is 9.53. The summed E-state index contributed by atoms with van der Waals surface area (Å²) in [6.07, 6.45) is 7.39. The van der Waals surface area contributed by atoms with Gasteiger partial charge >= 0.3 is 0 Å². The largest absolute Gasteiger partial charge is 0.349 e. The van der Waals surface area contributed by atoms with Crippen LogP contribution < -0.4 is 5.32 Å². The van der Waals surface area contributed by atoms with Gasteiger partial charge in [0.2, 0.25) is 5.91 Å². The Kier molecular flexibility index (Phi) is 4.87. The molecule has 1 amide bonds. The van der Waals surface area contributed by atoms with Crippen LogP contribution in [0.2, 0.25) is 0 Å². The highest BCUT2D eigenvalue weighted by Crippen LogP contribution is 2.09. The zero-order valence-corrected chi connectivity index (χ0v) is 9.42. The van der Waals surface area contributed by atoms with E-state index in [-0.39, 0.29) is 11.9 Å². The second-order valence-corrected chi connectivity index (χ2v) is 3.78. The van der Waals surface area contributed by atoms with Crippen LogP contribution in [0.3, 0.4) is 0 Å². The van der Waals surface area contributed by atoms with Gasteiger partial charge in [0, 0.05) is 18.2 Å². The van der Waals surface area contributed by atoms with E-state index >= 15 is 0 Å². The van der Waals surface area contributed by atoms with Crippen molar-refractivity contribution in [1.29, 1.82) is 0 Å². The normalized spacial score (nSPS) is 12.4. The number of nitrogens with zero attached hydrogens (tertiary/aromatic N) is 1. The molecule has 1 rings (SSSR count). The smallest absolute Gasteiger partial charge is 0.220 e. The zero-order valence-electron chi connectivity index (χ0n) is 9.42. The Balaban J connectivity index is 2.26. The monoisotopic (exact) mass is 209 g/mol. The molecule has 1 aromatic rings. The summed E-state index contributed by atoms with van der Waals surface area (Å²) in [6, 6.07) is 0.0397. The number of aromatic amines is 1. The number of carbonyl (C=O) groups excluding carboxylic acids is 1. The molecule has 0 spiro atoms. The van der Waals surface area contributed by atoms with Crippen molar-refractivity contribution in [2.45, 2.75) is 45.6 Å². The van der Waals surface area contributed by atoms with Crippen molar-refractivity contribution in [3.63, 3.8) is 0 Å². The second-order valence-electron chi connectivity index (χ2n) is 3.78. The minimum absolute atomic E-state index is 0.0397. The molecule has 2 N–H and O–H groups in total. The van der Waals surface area contributed by atoms with Crippen molar-refractivity contribution < 1.29 is 4.79 Å². The average Bonchev–Trinajstić information content (AvgIpc) is 2.70. The minimum Gasteiger partial charge on any atom is -0.349 e. The highest BCUT2D eigenvalue weighted by atomic mass is 16.1. The summed E-state index contributed by atoms with van der Waals surface area (Å²) in [6.45, 7) is 4.09. The average molecular weight is 209 g/mol. The second kappa shape index (κ2) is 6.22. The van der Waals surface area contributed by atoms with Gasteiger partial charge in [0.15, 0.2) is 0 Å². The van der Waals surface area contributed by atoms with Gasteiger partial charge in [-0.3, -0.25) is 9.89 Å². The molecule has 0 aliphatic rings. The summed E-state index contributed by atoms with van der Waals surface area (Å²) < 4.78 is 0. The zero-order chi connectivity index (χ0) is 11.1. The molecule has 4 heteroatoms. The Bertz CT molecular complexity index is 282. The lowest BCUT2D eigenvalue weighted by Crippen LogP contribution is -2.25. The number of unbranched alkanes of at least 4 members (excludes halogenated alkanes) is 2. The fourth-order valence-electron chi connectivity index (χ4n) is 1.43. The maximum absolute atomic E-state index is 11.5. The maximum atomic E-state index is 11.5. The van der Waals surface area contributed by atoms with Crippen LogP contribution >= 0.6 is 0 Å². The first-order chi connectivity index (χ1) is 7.24. The summed E-state index contributed by atoms with van der Waals surface area (Å²) in [7, 11) is 0. The summed E-state index contributed by atoms with van der Waals surface area (Å²) in [5.74, 6) is 0.122. The quantitative estimate of drug-likeness (QED) is 0.705. The Labute approximate surface area is 90.5 Å². The summed E-state index contributed by atoms with van der Waals surface area (Å²) in [4.78, 5) is 11.5. The minimum atomic E-state index is 0.0397. The molecule has 0 aliphatic carbocycles. The highest BCUT2D eigenvalue weighted by molar-refractivity contribution is 5.76. The first-order valence-corrected chi connectivity index (χ1v) is 5.52.